The number of carbonyl (C=O) groups excluding carboxylic acids is 2. The van der Waals surface area contributed by atoms with Crippen LogP contribution in [0.5, 0.6) is 5.75 Å². The molecule has 11 nitrogen and oxygen atoms in total. The second-order valence-electron chi connectivity index (χ2n) is 13.4. The number of anilines is 2. The maximum Gasteiger partial charge on any atom is 0.322 e. The molecule has 0 atom stereocenters. The zero-order chi connectivity index (χ0) is 32.4. The monoisotopic (exact) mass is 641 g/mol. The molecule has 0 spiro atoms. The highest BCUT2D eigenvalue weighted by molar-refractivity contribution is 6.76. The molecule has 4 heterocycles. The summed E-state index contributed by atoms with van der Waals surface area (Å²) in [6.07, 6.45) is 5.63. The van der Waals surface area contributed by atoms with E-state index in [9.17, 15) is 9.59 Å². The Hall–Kier alpha value is -4.29. The van der Waals surface area contributed by atoms with Gasteiger partial charge in [-0.25, -0.2) is 19.4 Å². The van der Waals surface area contributed by atoms with E-state index in [1.165, 1.54) is 6.33 Å². The predicted octanol–water partition coefficient (Wildman–Crippen LogP) is 5.75. The minimum atomic E-state index is -1.16. The number of nitrogens with zero attached hydrogens (tertiary/aromatic N) is 6. The van der Waals surface area contributed by atoms with Gasteiger partial charge in [-0.2, -0.15) is 5.10 Å². The van der Waals surface area contributed by atoms with E-state index >= 15 is 0 Å². The first-order valence-corrected chi connectivity index (χ1v) is 19.7. The molecule has 4 aromatic rings. The first-order valence-electron chi connectivity index (χ1n) is 16.0. The first kappa shape index (κ1) is 31.7. The van der Waals surface area contributed by atoms with Crippen LogP contribution in [0.25, 0.3) is 10.9 Å². The van der Waals surface area contributed by atoms with E-state index in [1.54, 1.807) is 19.4 Å². The zero-order valence-electron chi connectivity index (χ0n) is 27.4. The number of hydrogen-bond acceptors (Lipinski definition) is 8. The van der Waals surface area contributed by atoms with Gasteiger partial charge in [0.1, 0.15) is 30.3 Å². The Bertz CT molecular complexity index is 1740. The Morgan fingerprint density at radius 2 is 1.87 bits per heavy atom. The molecule has 242 valence electrons. The Kier molecular flexibility index (Phi) is 9.10. The molecular weight excluding hydrogens is 599 g/mol. The summed E-state index contributed by atoms with van der Waals surface area (Å²) in [4.78, 5) is 39.7. The fourth-order valence-corrected chi connectivity index (χ4v) is 7.06. The Balaban J connectivity index is 1.09. The summed E-state index contributed by atoms with van der Waals surface area (Å²) in [5.41, 5.74) is 4.77. The van der Waals surface area contributed by atoms with Gasteiger partial charge in [-0.3, -0.25) is 4.79 Å². The normalized spacial score (nSPS) is 15.9. The summed E-state index contributed by atoms with van der Waals surface area (Å²) in [5, 5.41) is 8.51. The van der Waals surface area contributed by atoms with E-state index in [1.807, 2.05) is 46.8 Å². The largest absolute Gasteiger partial charge is 0.497 e. The number of nitrogens with one attached hydrogen (secondary N) is 1. The van der Waals surface area contributed by atoms with E-state index in [2.05, 4.69) is 44.9 Å². The van der Waals surface area contributed by atoms with Crippen LogP contribution < -0.4 is 15.0 Å². The van der Waals surface area contributed by atoms with Gasteiger partial charge in [0.05, 0.1) is 18.8 Å². The molecule has 0 unspecified atom stereocenters. The van der Waals surface area contributed by atoms with Gasteiger partial charge in [-0.05, 0) is 73.7 Å². The summed E-state index contributed by atoms with van der Waals surface area (Å²) >= 11 is 0. The van der Waals surface area contributed by atoms with Crippen LogP contribution in [-0.2, 0) is 17.9 Å². The smallest absolute Gasteiger partial charge is 0.322 e. The number of ether oxygens (including phenoxy) is 2. The van der Waals surface area contributed by atoms with Crippen molar-refractivity contribution in [1.82, 2.24) is 24.6 Å². The molecule has 2 aliphatic heterocycles. The number of piperidine rings is 1. The lowest BCUT2D eigenvalue weighted by Crippen LogP contribution is -2.49. The molecule has 2 aromatic heterocycles. The average Bonchev–Trinajstić information content (AvgIpc) is 3.38. The summed E-state index contributed by atoms with van der Waals surface area (Å²) < 4.78 is 13.2. The standard InChI is InChI=1S/C34H43N7O4Si/c1-23-16-25(17-26-20-37-41(32(23)26)22-45-14-15-46(3,4)5)33(42)30-19-31(36-21-35-30)39-11-9-27(10-12-39)40-13-8-24-18-28(44-2)6-7-29(24)38-34(40)43/h6-7,16-21,27H,8-15,22H2,1-5H3,(H,38,43). The van der Waals surface area contributed by atoms with Crippen molar-refractivity contribution in [3.05, 3.63) is 71.3 Å². The van der Waals surface area contributed by atoms with Gasteiger partial charge >= 0.3 is 6.03 Å². The number of carbonyl (C=O) groups is 2. The zero-order valence-corrected chi connectivity index (χ0v) is 28.4. The summed E-state index contributed by atoms with van der Waals surface area (Å²) in [5.74, 6) is 1.36. The van der Waals surface area contributed by atoms with Crippen molar-refractivity contribution in [2.75, 3.05) is 43.6 Å². The maximum absolute atomic E-state index is 13.6. The third-order valence-electron chi connectivity index (χ3n) is 8.95. The van der Waals surface area contributed by atoms with Crippen LogP contribution in [0.1, 0.15) is 40.0 Å². The van der Waals surface area contributed by atoms with Crippen molar-refractivity contribution in [2.45, 2.75) is 64.6 Å². The number of rotatable bonds is 10. The van der Waals surface area contributed by atoms with Crippen LogP contribution in [0, 0.1) is 6.92 Å². The van der Waals surface area contributed by atoms with Crippen LogP contribution in [0.15, 0.2) is 48.9 Å². The van der Waals surface area contributed by atoms with Crippen molar-refractivity contribution >= 4 is 42.3 Å². The second-order valence-corrected chi connectivity index (χ2v) is 19.0. The number of amides is 2. The Morgan fingerprint density at radius 3 is 2.63 bits per heavy atom. The van der Waals surface area contributed by atoms with Crippen molar-refractivity contribution < 1.29 is 19.1 Å². The fourth-order valence-electron chi connectivity index (χ4n) is 6.31. The molecule has 46 heavy (non-hydrogen) atoms. The number of aryl methyl sites for hydroxylation is 1. The van der Waals surface area contributed by atoms with Crippen molar-refractivity contribution in [2.24, 2.45) is 0 Å². The molecule has 12 heteroatoms. The van der Waals surface area contributed by atoms with E-state index in [0.29, 0.717) is 24.5 Å². The van der Waals surface area contributed by atoms with Gasteiger partial charge in [0.2, 0.25) is 5.78 Å². The third kappa shape index (κ3) is 6.92. The molecule has 2 aromatic carbocycles. The van der Waals surface area contributed by atoms with E-state index < -0.39 is 8.07 Å². The maximum atomic E-state index is 13.6. The van der Waals surface area contributed by atoms with Crippen molar-refractivity contribution in [3.8, 4) is 5.75 Å². The van der Waals surface area contributed by atoms with Crippen molar-refractivity contribution in [3.63, 3.8) is 0 Å². The molecule has 6 rings (SSSR count). The van der Waals surface area contributed by atoms with Gasteiger partial charge in [0, 0.05) is 63.1 Å². The average molecular weight is 642 g/mol. The number of urea groups is 1. The van der Waals surface area contributed by atoms with Crippen LogP contribution >= 0.6 is 0 Å². The molecule has 0 radical (unpaired) electrons. The Labute approximate surface area is 270 Å². The molecule has 1 saturated heterocycles. The highest BCUT2D eigenvalue weighted by atomic mass is 28.3. The van der Waals surface area contributed by atoms with E-state index in [-0.39, 0.29) is 17.9 Å². The van der Waals surface area contributed by atoms with Gasteiger partial charge in [0.15, 0.2) is 0 Å². The molecular formula is C34H43N7O4Si. The summed E-state index contributed by atoms with van der Waals surface area (Å²) in [7, 11) is 0.486. The lowest BCUT2D eigenvalue weighted by atomic mass is 10.0. The van der Waals surface area contributed by atoms with E-state index in [0.717, 1.165) is 84.3 Å². The van der Waals surface area contributed by atoms with Crippen molar-refractivity contribution in [1.29, 1.82) is 0 Å². The predicted molar refractivity (Wildman–Crippen MR) is 182 cm³/mol. The molecule has 2 aliphatic rings. The summed E-state index contributed by atoms with van der Waals surface area (Å²) in [6, 6.07) is 12.5. The third-order valence-corrected chi connectivity index (χ3v) is 10.7. The lowest BCUT2D eigenvalue weighted by molar-refractivity contribution is 0.0816. The molecule has 2 amide bonds. The lowest BCUT2D eigenvalue weighted by Gasteiger charge is -2.38. The molecule has 0 aliphatic carbocycles. The quantitative estimate of drug-likeness (QED) is 0.132. The van der Waals surface area contributed by atoms with E-state index in [4.69, 9.17) is 9.47 Å². The van der Waals surface area contributed by atoms with Gasteiger partial charge in [0.25, 0.3) is 0 Å². The highest BCUT2D eigenvalue weighted by Crippen LogP contribution is 2.29. The van der Waals surface area contributed by atoms with Crippen LogP contribution in [0.4, 0.5) is 16.3 Å². The molecule has 0 saturated carbocycles. The SMILES string of the molecule is COc1ccc2c(c1)CCN(C1CCN(c3cc(C(=O)c4cc(C)c5c(cnn5COCC[Si](C)(C)C)c4)ncn3)CC1)C(=O)N2. The molecule has 0 bridgehead atoms. The van der Waals surface area contributed by atoms with Gasteiger partial charge in [-0.15, -0.1) is 0 Å². The number of hydrogen-bond donors (Lipinski definition) is 1. The van der Waals surface area contributed by atoms with Crippen LogP contribution in [-0.4, -0.2) is 83.9 Å². The number of fused-ring (bicyclic) bond motifs is 2. The highest BCUT2D eigenvalue weighted by Gasteiger charge is 2.31. The Morgan fingerprint density at radius 1 is 1.07 bits per heavy atom. The fraction of sp³-hybridized carbons (Fsp3) is 0.441. The molecule has 1 fully saturated rings. The molecule has 1 N–H and O–H groups in total. The number of benzene rings is 2. The second kappa shape index (κ2) is 13.2. The van der Waals surface area contributed by atoms with Crippen LogP contribution in [0.3, 0.4) is 0 Å². The van der Waals surface area contributed by atoms with Gasteiger partial charge < -0.3 is 24.6 Å². The van der Waals surface area contributed by atoms with Crippen LogP contribution in [0.2, 0.25) is 25.7 Å². The minimum absolute atomic E-state index is 0.0651. The number of methoxy groups -OCH3 is 1. The first-order chi connectivity index (χ1) is 22.1. The minimum Gasteiger partial charge on any atom is -0.497 e. The summed E-state index contributed by atoms with van der Waals surface area (Å²) in [6.45, 7) is 12.2. The topological polar surface area (TPSA) is 115 Å². The van der Waals surface area contributed by atoms with Gasteiger partial charge in [-0.1, -0.05) is 19.6 Å². The number of ketones is 1. The number of aromatic nitrogens is 4.